The first-order valence-electron chi connectivity index (χ1n) is 5.23. The molecule has 2 atom stereocenters. The summed E-state index contributed by atoms with van der Waals surface area (Å²) in [6, 6.07) is 0. The number of nitrogens with one attached hydrogen (secondary N) is 1. The lowest BCUT2D eigenvalue weighted by atomic mass is 10.1. The minimum atomic E-state index is -0.821. The van der Waals surface area contributed by atoms with Gasteiger partial charge in [-0.1, -0.05) is 6.92 Å². The lowest BCUT2D eigenvalue weighted by molar-refractivity contribution is -0.141. The normalized spacial score (nSPS) is 14.4. The van der Waals surface area contributed by atoms with Gasteiger partial charge in [0.15, 0.2) is 0 Å². The zero-order valence-electron chi connectivity index (χ0n) is 9.60. The standard InChI is InChI=1S/C10H19NO4S/c1-7(10(14)15)4-3-5-11-8(2)16-6-9(12)13/h7-8,11H,3-6H2,1-2H3,(H,12,13)(H,14,15). The Morgan fingerprint density at radius 3 is 2.44 bits per heavy atom. The fraction of sp³-hybridized carbons (Fsp3) is 0.800. The molecule has 2 unspecified atom stereocenters. The van der Waals surface area contributed by atoms with Crippen molar-refractivity contribution in [1.82, 2.24) is 5.32 Å². The molecule has 5 nitrogen and oxygen atoms in total. The Morgan fingerprint density at radius 1 is 1.31 bits per heavy atom. The van der Waals surface area contributed by atoms with Crippen molar-refractivity contribution in [2.45, 2.75) is 32.1 Å². The molecule has 3 N–H and O–H groups in total. The van der Waals surface area contributed by atoms with Crippen LogP contribution in [0.25, 0.3) is 0 Å². The number of carboxylic acid groups (broad SMARTS) is 2. The van der Waals surface area contributed by atoms with Crippen molar-refractivity contribution in [1.29, 1.82) is 0 Å². The predicted molar refractivity (Wildman–Crippen MR) is 63.6 cm³/mol. The van der Waals surface area contributed by atoms with Gasteiger partial charge in [-0.15, -0.1) is 11.8 Å². The van der Waals surface area contributed by atoms with E-state index in [0.29, 0.717) is 13.0 Å². The maximum absolute atomic E-state index is 10.5. The van der Waals surface area contributed by atoms with Crippen LogP contribution in [0.3, 0.4) is 0 Å². The van der Waals surface area contributed by atoms with E-state index in [4.69, 9.17) is 10.2 Å². The van der Waals surface area contributed by atoms with Gasteiger partial charge in [0.1, 0.15) is 0 Å². The van der Waals surface area contributed by atoms with Crippen LogP contribution in [0.2, 0.25) is 0 Å². The Morgan fingerprint density at radius 2 is 1.94 bits per heavy atom. The monoisotopic (exact) mass is 249 g/mol. The summed E-state index contributed by atoms with van der Waals surface area (Å²) < 4.78 is 0. The van der Waals surface area contributed by atoms with Crippen LogP contribution >= 0.6 is 11.8 Å². The number of carbonyl (C=O) groups is 2. The maximum Gasteiger partial charge on any atom is 0.313 e. The van der Waals surface area contributed by atoms with Crippen molar-refractivity contribution in [2.75, 3.05) is 12.3 Å². The zero-order chi connectivity index (χ0) is 12.6. The molecule has 0 aromatic rings. The molecule has 0 fully saturated rings. The molecule has 0 aromatic heterocycles. The van der Waals surface area contributed by atoms with Gasteiger partial charge >= 0.3 is 11.9 Å². The van der Waals surface area contributed by atoms with Crippen LogP contribution in [-0.4, -0.2) is 39.8 Å². The highest BCUT2D eigenvalue weighted by Gasteiger charge is 2.10. The number of aliphatic carboxylic acids is 2. The molecule has 0 aliphatic rings. The van der Waals surface area contributed by atoms with Crippen LogP contribution in [0.15, 0.2) is 0 Å². The van der Waals surface area contributed by atoms with Gasteiger partial charge in [0.25, 0.3) is 0 Å². The summed E-state index contributed by atoms with van der Waals surface area (Å²) in [7, 11) is 0. The van der Waals surface area contributed by atoms with Gasteiger partial charge in [-0.05, 0) is 26.3 Å². The first-order chi connectivity index (χ1) is 7.43. The summed E-state index contributed by atoms with van der Waals surface area (Å²) in [5, 5.41) is 20.3. The quantitative estimate of drug-likeness (QED) is 0.421. The second-order valence-electron chi connectivity index (χ2n) is 3.68. The van der Waals surface area contributed by atoms with Crippen molar-refractivity contribution >= 4 is 23.7 Å². The van der Waals surface area contributed by atoms with E-state index in [0.717, 1.165) is 6.42 Å². The Balaban J connectivity index is 3.44. The van der Waals surface area contributed by atoms with Crippen molar-refractivity contribution in [2.24, 2.45) is 5.92 Å². The van der Waals surface area contributed by atoms with Crippen LogP contribution in [0.1, 0.15) is 26.7 Å². The molecule has 0 heterocycles. The highest BCUT2D eigenvalue weighted by atomic mass is 32.2. The summed E-state index contributed by atoms with van der Waals surface area (Å²) in [4.78, 5) is 20.8. The van der Waals surface area contributed by atoms with Gasteiger partial charge in [0, 0.05) is 0 Å². The molecule has 0 aromatic carbocycles. The summed E-state index contributed by atoms with van der Waals surface area (Å²) in [5.74, 6) is -1.82. The Kier molecular flexibility index (Phi) is 8.01. The van der Waals surface area contributed by atoms with Gasteiger partial charge in [0.2, 0.25) is 0 Å². The average molecular weight is 249 g/mol. The third kappa shape index (κ3) is 8.55. The first kappa shape index (κ1) is 15.2. The third-order valence-electron chi connectivity index (χ3n) is 2.12. The lowest BCUT2D eigenvalue weighted by Crippen LogP contribution is -2.26. The molecule has 0 aliphatic carbocycles. The summed E-state index contributed by atoms with van der Waals surface area (Å²) in [6.45, 7) is 4.30. The van der Waals surface area contributed by atoms with Crippen LogP contribution in [0.4, 0.5) is 0 Å². The second kappa shape index (κ2) is 8.41. The lowest BCUT2D eigenvalue weighted by Gasteiger charge is -2.12. The number of rotatable bonds is 9. The number of hydrogen-bond donors (Lipinski definition) is 3. The minimum Gasteiger partial charge on any atom is -0.481 e. The topological polar surface area (TPSA) is 86.6 Å². The molecule has 6 heteroatoms. The van der Waals surface area contributed by atoms with Crippen LogP contribution in [0.5, 0.6) is 0 Å². The van der Waals surface area contributed by atoms with E-state index >= 15 is 0 Å². The largest absolute Gasteiger partial charge is 0.481 e. The number of hydrogen-bond acceptors (Lipinski definition) is 4. The Bertz CT molecular complexity index is 235. The molecule has 0 saturated heterocycles. The van der Waals surface area contributed by atoms with E-state index in [2.05, 4.69) is 5.32 Å². The molecule has 0 rings (SSSR count). The fourth-order valence-corrected chi connectivity index (χ4v) is 1.72. The maximum atomic E-state index is 10.5. The van der Waals surface area contributed by atoms with E-state index in [1.807, 2.05) is 6.92 Å². The molecule has 0 saturated carbocycles. The minimum absolute atomic E-state index is 0.0798. The number of carboxylic acids is 2. The smallest absolute Gasteiger partial charge is 0.313 e. The van der Waals surface area contributed by atoms with Crippen LogP contribution in [0, 0.1) is 5.92 Å². The average Bonchev–Trinajstić information content (AvgIpc) is 2.20. The first-order valence-corrected chi connectivity index (χ1v) is 6.28. The van der Waals surface area contributed by atoms with E-state index in [9.17, 15) is 9.59 Å². The molecule has 0 radical (unpaired) electrons. The van der Waals surface area contributed by atoms with Gasteiger partial charge in [-0.3, -0.25) is 9.59 Å². The molecule has 94 valence electrons. The van der Waals surface area contributed by atoms with Crippen molar-refractivity contribution < 1.29 is 19.8 Å². The summed E-state index contributed by atoms with van der Waals surface area (Å²) in [5.41, 5.74) is 0. The Labute approximate surface area is 99.6 Å². The van der Waals surface area contributed by atoms with E-state index in [-0.39, 0.29) is 17.0 Å². The highest BCUT2D eigenvalue weighted by Crippen LogP contribution is 2.08. The van der Waals surface area contributed by atoms with Gasteiger partial charge in [-0.2, -0.15) is 0 Å². The van der Waals surface area contributed by atoms with Gasteiger partial charge in [-0.25, -0.2) is 0 Å². The summed E-state index contributed by atoms with van der Waals surface area (Å²) >= 11 is 1.32. The van der Waals surface area contributed by atoms with E-state index in [1.165, 1.54) is 11.8 Å². The molecular weight excluding hydrogens is 230 g/mol. The third-order valence-corrected chi connectivity index (χ3v) is 3.20. The highest BCUT2D eigenvalue weighted by molar-refractivity contribution is 8.00. The zero-order valence-corrected chi connectivity index (χ0v) is 10.4. The molecule has 0 bridgehead atoms. The molecule has 16 heavy (non-hydrogen) atoms. The van der Waals surface area contributed by atoms with Crippen molar-refractivity contribution in [3.05, 3.63) is 0 Å². The second-order valence-corrected chi connectivity index (χ2v) is 5.01. The van der Waals surface area contributed by atoms with E-state index in [1.54, 1.807) is 6.92 Å². The van der Waals surface area contributed by atoms with Crippen molar-refractivity contribution in [3.63, 3.8) is 0 Å². The molecule has 0 spiro atoms. The number of thioether (sulfide) groups is 1. The van der Waals surface area contributed by atoms with Gasteiger partial charge in [0.05, 0.1) is 17.0 Å². The molecular formula is C10H19NO4S. The predicted octanol–water partition coefficient (Wildman–Crippen LogP) is 1.24. The van der Waals surface area contributed by atoms with Crippen molar-refractivity contribution in [3.8, 4) is 0 Å². The van der Waals surface area contributed by atoms with E-state index < -0.39 is 11.9 Å². The van der Waals surface area contributed by atoms with Crippen LogP contribution < -0.4 is 5.32 Å². The summed E-state index contributed by atoms with van der Waals surface area (Å²) in [6.07, 6.45) is 1.42. The molecule has 0 amide bonds. The Hall–Kier alpha value is -0.750. The fourth-order valence-electron chi connectivity index (χ4n) is 1.09. The van der Waals surface area contributed by atoms with Gasteiger partial charge < -0.3 is 15.5 Å². The van der Waals surface area contributed by atoms with Crippen LogP contribution in [-0.2, 0) is 9.59 Å². The SMILES string of the molecule is CC(NCCCC(C)C(=O)O)SCC(=O)O. The molecule has 0 aliphatic heterocycles.